The van der Waals surface area contributed by atoms with Crippen molar-refractivity contribution in [2.24, 2.45) is 0 Å². The lowest BCUT2D eigenvalue weighted by Crippen LogP contribution is -2.24. The Labute approximate surface area is 207 Å². The van der Waals surface area contributed by atoms with Crippen LogP contribution in [0.5, 0.6) is 5.88 Å². The summed E-state index contributed by atoms with van der Waals surface area (Å²) in [5.41, 5.74) is 3.08. The number of allylic oxidation sites excluding steroid dienone is 2. The number of carbonyl (C=O) groups is 1. The second-order valence-electron chi connectivity index (χ2n) is 9.65. The van der Waals surface area contributed by atoms with Gasteiger partial charge < -0.3 is 9.47 Å². The molecule has 0 radical (unpaired) electrons. The number of esters is 1. The monoisotopic (exact) mass is 489 g/mol. The summed E-state index contributed by atoms with van der Waals surface area (Å²) in [6.07, 6.45) is 11.4. The Bertz CT molecular complexity index is 1000. The molecule has 0 saturated carbocycles. The summed E-state index contributed by atoms with van der Waals surface area (Å²) >= 11 is 0. The zero-order chi connectivity index (χ0) is 26.0. The highest BCUT2D eigenvalue weighted by molar-refractivity contribution is 5.72. The maximum absolute atomic E-state index is 12.4. The van der Waals surface area contributed by atoms with E-state index in [0.29, 0.717) is 12.1 Å². The highest BCUT2D eigenvalue weighted by Gasteiger charge is 2.17. The molecule has 0 aliphatic heterocycles. The average Bonchev–Trinajstić information content (AvgIpc) is 3.17. The number of aromatic nitrogens is 3. The first-order chi connectivity index (χ1) is 16.5. The summed E-state index contributed by atoms with van der Waals surface area (Å²) in [4.78, 5) is 16.1. The molecule has 6 nitrogen and oxygen atoms in total. The van der Waals surface area contributed by atoms with E-state index in [2.05, 4.69) is 47.7 Å². The van der Waals surface area contributed by atoms with Gasteiger partial charge in [-0.3, -0.25) is 4.79 Å². The number of nitrogens with zero attached hydrogens (tertiary/aromatic N) is 3. The Morgan fingerprint density at radius 2 is 1.94 bits per heavy atom. The Morgan fingerprint density at radius 3 is 2.51 bits per heavy atom. The molecule has 0 spiro atoms. The summed E-state index contributed by atoms with van der Waals surface area (Å²) in [5, 5.41) is 4.65. The van der Waals surface area contributed by atoms with Gasteiger partial charge in [-0.15, -0.1) is 0 Å². The zero-order valence-electron chi connectivity index (χ0n) is 21.6. The SMILES string of the molecule is CCC/C(=C\CC/C=C/c1cc(C(C)C)n(-c2ccc(OC(F)F)nc2)n1)CC(=O)OC(C)(C)C. The van der Waals surface area contributed by atoms with E-state index in [0.717, 1.165) is 42.6 Å². The van der Waals surface area contributed by atoms with E-state index < -0.39 is 12.2 Å². The van der Waals surface area contributed by atoms with Crippen LogP contribution in [0.15, 0.2) is 42.1 Å². The van der Waals surface area contributed by atoms with Crippen molar-refractivity contribution in [1.29, 1.82) is 0 Å². The molecule has 0 saturated heterocycles. The van der Waals surface area contributed by atoms with Crippen LogP contribution in [0.3, 0.4) is 0 Å². The number of pyridine rings is 1. The predicted octanol–water partition coefficient (Wildman–Crippen LogP) is 7.24. The maximum Gasteiger partial charge on any atom is 0.388 e. The molecule has 0 aromatic carbocycles. The molecule has 0 fully saturated rings. The van der Waals surface area contributed by atoms with Gasteiger partial charge in [0, 0.05) is 11.8 Å². The number of hydrogen-bond acceptors (Lipinski definition) is 5. The maximum atomic E-state index is 12.4. The van der Waals surface area contributed by atoms with E-state index in [4.69, 9.17) is 4.74 Å². The molecule has 0 N–H and O–H groups in total. The van der Waals surface area contributed by atoms with Gasteiger partial charge in [0.25, 0.3) is 0 Å². The summed E-state index contributed by atoms with van der Waals surface area (Å²) in [6.45, 7) is 8.93. The fraction of sp³-hybridized carbons (Fsp3) is 0.519. The average molecular weight is 490 g/mol. The second-order valence-corrected chi connectivity index (χ2v) is 9.65. The van der Waals surface area contributed by atoms with Crippen molar-refractivity contribution >= 4 is 12.0 Å². The summed E-state index contributed by atoms with van der Waals surface area (Å²) in [5.74, 6) is -0.124. The molecule has 0 amide bonds. The van der Waals surface area contributed by atoms with Crippen molar-refractivity contribution in [3.8, 4) is 11.6 Å². The summed E-state index contributed by atoms with van der Waals surface area (Å²) < 4.78 is 36.3. The zero-order valence-corrected chi connectivity index (χ0v) is 21.6. The molecule has 2 aromatic rings. The Morgan fingerprint density at radius 1 is 1.20 bits per heavy atom. The predicted molar refractivity (Wildman–Crippen MR) is 134 cm³/mol. The van der Waals surface area contributed by atoms with E-state index in [9.17, 15) is 13.6 Å². The lowest BCUT2D eigenvalue weighted by atomic mass is 10.0. The lowest BCUT2D eigenvalue weighted by molar-refractivity contribution is -0.153. The van der Waals surface area contributed by atoms with Crippen LogP contribution in [0.2, 0.25) is 0 Å². The summed E-state index contributed by atoms with van der Waals surface area (Å²) in [6, 6.07) is 5.06. The quantitative estimate of drug-likeness (QED) is 0.179. The third kappa shape index (κ3) is 10.0. The van der Waals surface area contributed by atoms with Crippen molar-refractivity contribution in [2.75, 3.05) is 0 Å². The molecular weight excluding hydrogens is 452 g/mol. The molecule has 8 heteroatoms. The largest absolute Gasteiger partial charge is 0.460 e. The molecule has 0 aliphatic rings. The normalized spacial score (nSPS) is 12.7. The third-order valence-corrected chi connectivity index (χ3v) is 4.94. The molecule has 192 valence electrons. The molecule has 0 unspecified atom stereocenters. The molecule has 2 aromatic heterocycles. The minimum Gasteiger partial charge on any atom is -0.460 e. The van der Waals surface area contributed by atoms with Gasteiger partial charge in [0.2, 0.25) is 5.88 Å². The van der Waals surface area contributed by atoms with E-state index in [1.807, 2.05) is 32.9 Å². The number of alkyl halides is 2. The van der Waals surface area contributed by atoms with E-state index in [-0.39, 0.29) is 17.8 Å². The standard InChI is InChI=1S/C27H37F2N3O3/c1-7-11-20(16-25(33)35-27(4,5)6)12-9-8-10-13-21-17-23(19(2)3)32(31-21)22-14-15-24(30-18-22)34-26(28)29/h10,12-15,17-19,26H,7-9,11,16H2,1-6H3/b13-10+,20-12+. The second kappa shape index (κ2) is 13.2. The van der Waals surface area contributed by atoms with Crippen LogP contribution in [-0.4, -0.2) is 32.9 Å². The van der Waals surface area contributed by atoms with Gasteiger partial charge >= 0.3 is 12.6 Å². The topological polar surface area (TPSA) is 66.2 Å². The van der Waals surface area contributed by atoms with Crippen molar-refractivity contribution in [3.05, 3.63) is 53.5 Å². The molecule has 35 heavy (non-hydrogen) atoms. The Hall–Kier alpha value is -3.03. The van der Waals surface area contributed by atoms with Crippen LogP contribution >= 0.6 is 0 Å². The van der Waals surface area contributed by atoms with Gasteiger partial charge in [0.1, 0.15) is 5.60 Å². The van der Waals surface area contributed by atoms with Crippen LogP contribution in [-0.2, 0) is 9.53 Å². The summed E-state index contributed by atoms with van der Waals surface area (Å²) in [7, 11) is 0. The van der Waals surface area contributed by atoms with Gasteiger partial charge in [-0.05, 0) is 64.2 Å². The van der Waals surface area contributed by atoms with E-state index >= 15 is 0 Å². The van der Waals surface area contributed by atoms with E-state index in [1.54, 1.807) is 10.7 Å². The third-order valence-electron chi connectivity index (χ3n) is 4.94. The highest BCUT2D eigenvalue weighted by atomic mass is 19.3. The van der Waals surface area contributed by atoms with Gasteiger partial charge in [-0.25, -0.2) is 9.67 Å². The van der Waals surface area contributed by atoms with Crippen LogP contribution in [0, 0.1) is 0 Å². The number of ether oxygens (including phenoxy) is 2. The lowest BCUT2D eigenvalue weighted by Gasteiger charge is -2.20. The Balaban J connectivity index is 2.04. The van der Waals surface area contributed by atoms with Crippen molar-refractivity contribution < 1.29 is 23.0 Å². The van der Waals surface area contributed by atoms with Gasteiger partial charge in [0.15, 0.2) is 0 Å². The van der Waals surface area contributed by atoms with Crippen molar-refractivity contribution in [3.63, 3.8) is 0 Å². The number of rotatable bonds is 12. The number of halogens is 2. The van der Waals surface area contributed by atoms with Gasteiger partial charge in [-0.2, -0.15) is 13.9 Å². The number of unbranched alkanes of at least 4 members (excludes halogenated alkanes) is 1. The first-order valence-corrected chi connectivity index (χ1v) is 12.1. The highest BCUT2D eigenvalue weighted by Crippen LogP contribution is 2.22. The molecule has 2 rings (SSSR count). The molecule has 0 atom stereocenters. The van der Waals surface area contributed by atoms with Crippen LogP contribution in [0.25, 0.3) is 11.8 Å². The smallest absolute Gasteiger partial charge is 0.388 e. The minimum atomic E-state index is -2.91. The number of hydrogen-bond donors (Lipinski definition) is 0. The van der Waals surface area contributed by atoms with E-state index in [1.165, 1.54) is 12.3 Å². The molecule has 0 aliphatic carbocycles. The minimum absolute atomic E-state index is 0.135. The van der Waals surface area contributed by atoms with Crippen molar-refractivity contribution in [1.82, 2.24) is 14.8 Å². The molecule has 0 bridgehead atoms. The first-order valence-electron chi connectivity index (χ1n) is 12.1. The number of carbonyl (C=O) groups excluding carboxylic acids is 1. The van der Waals surface area contributed by atoms with Gasteiger partial charge in [0.05, 0.1) is 24.0 Å². The van der Waals surface area contributed by atoms with Gasteiger partial charge in [-0.1, -0.05) is 44.9 Å². The van der Waals surface area contributed by atoms with Crippen LogP contribution in [0.1, 0.15) is 91.0 Å². The van der Waals surface area contributed by atoms with Crippen molar-refractivity contribution in [2.45, 2.75) is 91.8 Å². The van der Waals surface area contributed by atoms with Crippen LogP contribution < -0.4 is 4.74 Å². The Kier molecular flexibility index (Phi) is 10.6. The first kappa shape index (κ1) is 28.2. The molecule has 2 heterocycles. The fourth-order valence-electron chi connectivity index (χ4n) is 3.51. The fourth-order valence-corrected chi connectivity index (χ4v) is 3.51. The molecular formula is C27H37F2N3O3. The van der Waals surface area contributed by atoms with Crippen LogP contribution in [0.4, 0.5) is 8.78 Å².